The molecular weight excluding hydrogens is 327 g/mol. The van der Waals surface area contributed by atoms with Gasteiger partial charge in [-0.1, -0.05) is 11.2 Å². The van der Waals surface area contributed by atoms with E-state index < -0.39 is 0 Å². The lowest BCUT2D eigenvalue weighted by molar-refractivity contribution is 0.243. The molecule has 9 heteroatoms. The van der Waals surface area contributed by atoms with Crippen molar-refractivity contribution in [3.8, 4) is 22.8 Å². The van der Waals surface area contributed by atoms with Crippen LogP contribution in [0.1, 0.15) is 5.89 Å². The Bertz CT molecular complexity index is 968. The summed E-state index contributed by atoms with van der Waals surface area (Å²) < 4.78 is 25.3. The summed E-state index contributed by atoms with van der Waals surface area (Å²) in [5.74, 6) is 0.973. The van der Waals surface area contributed by atoms with Gasteiger partial charge in [0.1, 0.15) is 17.9 Å². The molecule has 4 rings (SSSR count). The Labute approximate surface area is 140 Å². The molecule has 0 spiro atoms. The first kappa shape index (κ1) is 14.9. The molecule has 25 heavy (non-hydrogen) atoms. The van der Waals surface area contributed by atoms with Crippen LogP contribution in [0, 0.1) is 5.82 Å². The van der Waals surface area contributed by atoms with Crippen molar-refractivity contribution in [2.45, 2.75) is 6.61 Å². The van der Waals surface area contributed by atoms with Crippen molar-refractivity contribution in [3.63, 3.8) is 0 Å². The van der Waals surface area contributed by atoms with Crippen LogP contribution in [0.15, 0.2) is 59.4 Å². The highest BCUT2D eigenvalue weighted by Gasteiger charge is 2.10. The van der Waals surface area contributed by atoms with Gasteiger partial charge < -0.3 is 9.26 Å². The van der Waals surface area contributed by atoms with E-state index in [-0.39, 0.29) is 12.4 Å². The molecule has 0 aliphatic carbocycles. The normalized spacial score (nSPS) is 10.8. The number of hydrogen-bond acceptors (Lipinski definition) is 7. The lowest BCUT2D eigenvalue weighted by atomic mass is 10.2. The molecule has 0 N–H and O–H groups in total. The van der Waals surface area contributed by atoms with Gasteiger partial charge in [-0.15, -0.1) is 5.10 Å². The number of hydrogen-bond donors (Lipinski definition) is 0. The topological polar surface area (TPSA) is 91.8 Å². The highest BCUT2D eigenvalue weighted by molar-refractivity contribution is 5.53. The third-order valence-electron chi connectivity index (χ3n) is 3.36. The van der Waals surface area contributed by atoms with Gasteiger partial charge in [-0.2, -0.15) is 4.98 Å². The molecular formula is C16H11FN6O2. The Morgan fingerprint density at radius 3 is 2.80 bits per heavy atom. The summed E-state index contributed by atoms with van der Waals surface area (Å²) >= 11 is 0. The summed E-state index contributed by atoms with van der Waals surface area (Å²) in [6.45, 7) is 0.104. The maximum Gasteiger partial charge on any atom is 0.264 e. The van der Waals surface area contributed by atoms with Crippen LogP contribution in [0.2, 0.25) is 0 Å². The zero-order chi connectivity index (χ0) is 17.1. The van der Waals surface area contributed by atoms with E-state index in [1.165, 1.54) is 23.1 Å². The van der Waals surface area contributed by atoms with Gasteiger partial charge in [0.05, 0.1) is 5.69 Å². The quantitative estimate of drug-likeness (QED) is 0.552. The largest absolute Gasteiger partial charge is 0.484 e. The summed E-state index contributed by atoms with van der Waals surface area (Å²) in [5, 5.41) is 14.9. The Balaban J connectivity index is 1.45. The zero-order valence-electron chi connectivity index (χ0n) is 12.8. The van der Waals surface area contributed by atoms with Crippen molar-refractivity contribution in [2.24, 2.45) is 0 Å². The van der Waals surface area contributed by atoms with Crippen molar-refractivity contribution in [1.82, 2.24) is 30.3 Å². The van der Waals surface area contributed by atoms with E-state index in [2.05, 4.69) is 25.7 Å². The first-order chi connectivity index (χ1) is 12.3. The highest BCUT2D eigenvalue weighted by Crippen LogP contribution is 2.19. The number of rotatable bonds is 5. The van der Waals surface area contributed by atoms with E-state index in [0.717, 1.165) is 5.69 Å². The fraction of sp³-hybridized carbons (Fsp3) is 0.0625. The molecule has 0 aliphatic rings. The SMILES string of the molecule is Fc1ccc(-c2noc(COc3cccc(-n4cnnn4)c3)n2)cc1. The maximum atomic E-state index is 13.0. The van der Waals surface area contributed by atoms with Gasteiger partial charge in [0.2, 0.25) is 5.82 Å². The molecule has 0 fully saturated rings. The minimum atomic E-state index is -0.321. The van der Waals surface area contributed by atoms with E-state index in [1.54, 1.807) is 24.3 Å². The molecule has 0 saturated carbocycles. The zero-order valence-corrected chi connectivity index (χ0v) is 12.8. The molecule has 0 aliphatic heterocycles. The average molecular weight is 338 g/mol. The van der Waals surface area contributed by atoms with Gasteiger partial charge >= 0.3 is 0 Å². The van der Waals surface area contributed by atoms with Crippen molar-refractivity contribution >= 4 is 0 Å². The number of ether oxygens (including phenoxy) is 1. The summed E-state index contributed by atoms with van der Waals surface area (Å²) in [6, 6.07) is 13.1. The molecule has 2 aromatic heterocycles. The van der Waals surface area contributed by atoms with Crippen LogP contribution < -0.4 is 4.74 Å². The molecule has 8 nitrogen and oxygen atoms in total. The molecule has 0 saturated heterocycles. The van der Waals surface area contributed by atoms with Gasteiger partial charge in [0.25, 0.3) is 5.89 Å². The summed E-state index contributed by atoms with van der Waals surface area (Å²) in [6.07, 6.45) is 1.49. The number of tetrazole rings is 1. The number of nitrogens with zero attached hydrogens (tertiary/aromatic N) is 6. The third-order valence-corrected chi connectivity index (χ3v) is 3.36. The van der Waals surface area contributed by atoms with Crippen LogP contribution in [-0.4, -0.2) is 30.3 Å². The number of halogens is 1. The molecule has 4 aromatic rings. The highest BCUT2D eigenvalue weighted by atomic mass is 19.1. The second-order valence-corrected chi connectivity index (χ2v) is 5.06. The van der Waals surface area contributed by atoms with Crippen molar-refractivity contribution in [1.29, 1.82) is 0 Å². The van der Waals surface area contributed by atoms with Gasteiger partial charge in [0.15, 0.2) is 6.61 Å². The molecule has 0 amide bonds. The second kappa shape index (κ2) is 6.48. The van der Waals surface area contributed by atoms with Gasteiger partial charge in [-0.3, -0.25) is 0 Å². The molecule has 0 atom stereocenters. The Hall–Kier alpha value is -3.62. The number of benzene rings is 2. The number of aromatic nitrogens is 6. The molecule has 0 bridgehead atoms. The molecule has 124 valence electrons. The van der Waals surface area contributed by atoms with Crippen LogP contribution >= 0.6 is 0 Å². The summed E-state index contributed by atoms with van der Waals surface area (Å²) in [7, 11) is 0. The van der Waals surface area contributed by atoms with E-state index >= 15 is 0 Å². The lowest BCUT2D eigenvalue weighted by Crippen LogP contribution is -1.98. The van der Waals surface area contributed by atoms with Crippen LogP contribution in [0.25, 0.3) is 17.1 Å². The standard InChI is InChI=1S/C16H11FN6O2/c17-12-6-4-11(5-7-12)16-19-15(25-20-16)9-24-14-3-1-2-13(8-14)23-10-18-21-22-23/h1-8,10H,9H2. The Morgan fingerprint density at radius 1 is 1.12 bits per heavy atom. The van der Waals surface area contributed by atoms with Crippen molar-refractivity contribution in [2.75, 3.05) is 0 Å². The van der Waals surface area contributed by atoms with Crippen LogP contribution in [0.4, 0.5) is 4.39 Å². The van der Waals surface area contributed by atoms with E-state index in [9.17, 15) is 4.39 Å². The minimum absolute atomic E-state index is 0.104. The first-order valence-corrected chi connectivity index (χ1v) is 7.33. The predicted octanol–water partition coefficient (Wildman–Crippen LogP) is 2.43. The second-order valence-electron chi connectivity index (χ2n) is 5.06. The van der Waals surface area contributed by atoms with Crippen LogP contribution in [-0.2, 0) is 6.61 Å². The first-order valence-electron chi connectivity index (χ1n) is 7.33. The van der Waals surface area contributed by atoms with E-state index in [4.69, 9.17) is 9.26 Å². The molecule has 2 heterocycles. The maximum absolute atomic E-state index is 13.0. The Morgan fingerprint density at radius 2 is 2.00 bits per heavy atom. The van der Waals surface area contributed by atoms with E-state index in [0.29, 0.717) is 23.0 Å². The lowest BCUT2D eigenvalue weighted by Gasteiger charge is -2.05. The Kier molecular flexibility index (Phi) is 3.87. The fourth-order valence-corrected chi connectivity index (χ4v) is 2.17. The van der Waals surface area contributed by atoms with Crippen molar-refractivity contribution < 1.29 is 13.7 Å². The van der Waals surface area contributed by atoms with Gasteiger partial charge in [0, 0.05) is 11.6 Å². The molecule has 0 radical (unpaired) electrons. The fourth-order valence-electron chi connectivity index (χ4n) is 2.17. The summed E-state index contributed by atoms with van der Waals surface area (Å²) in [4.78, 5) is 4.23. The third kappa shape index (κ3) is 3.34. The molecule has 0 unspecified atom stereocenters. The van der Waals surface area contributed by atoms with E-state index in [1.807, 2.05) is 12.1 Å². The smallest absolute Gasteiger partial charge is 0.264 e. The van der Waals surface area contributed by atoms with Gasteiger partial charge in [-0.25, -0.2) is 9.07 Å². The predicted molar refractivity (Wildman–Crippen MR) is 83.2 cm³/mol. The van der Waals surface area contributed by atoms with Crippen molar-refractivity contribution in [3.05, 3.63) is 66.6 Å². The van der Waals surface area contributed by atoms with Crippen LogP contribution in [0.5, 0.6) is 5.75 Å². The average Bonchev–Trinajstić information content (AvgIpc) is 3.33. The summed E-state index contributed by atoms with van der Waals surface area (Å²) in [5.41, 5.74) is 1.43. The minimum Gasteiger partial charge on any atom is -0.484 e. The molecule has 2 aromatic carbocycles. The monoisotopic (exact) mass is 338 g/mol. The van der Waals surface area contributed by atoms with Gasteiger partial charge in [-0.05, 0) is 46.8 Å². The van der Waals surface area contributed by atoms with Crippen LogP contribution in [0.3, 0.4) is 0 Å².